The monoisotopic (exact) mass is 557 g/mol. The molecule has 0 aliphatic carbocycles. The molecule has 0 saturated carbocycles. The molecule has 0 radical (unpaired) electrons. The van der Waals surface area contributed by atoms with E-state index < -0.39 is 25.1 Å². The summed E-state index contributed by atoms with van der Waals surface area (Å²) in [6.07, 6.45) is 3.01. The van der Waals surface area contributed by atoms with Crippen LogP contribution >= 0.6 is 7.52 Å². The molecule has 2 aromatic heterocycles. The minimum atomic E-state index is -3.88. The molecule has 4 rings (SSSR count). The lowest BCUT2D eigenvalue weighted by Crippen LogP contribution is -2.48. The molecule has 0 bridgehead atoms. The van der Waals surface area contributed by atoms with Gasteiger partial charge in [-0.15, -0.1) is 0 Å². The molecule has 1 aliphatic rings. The third kappa shape index (κ3) is 7.30. The maximum atomic E-state index is 14.1. The van der Waals surface area contributed by atoms with Gasteiger partial charge in [0, 0.05) is 12.8 Å². The van der Waals surface area contributed by atoms with Crippen LogP contribution in [0.25, 0.3) is 11.2 Å². The number of imidazole rings is 1. The fraction of sp³-hybridized carbons (Fsp3) is 0.480. The van der Waals surface area contributed by atoms with Gasteiger partial charge in [-0.1, -0.05) is 6.07 Å². The number of nitrogens with zero attached hydrogens (tertiary/aromatic N) is 5. The number of nitrogen functional groups attached to an aromatic ring is 1. The van der Waals surface area contributed by atoms with Crippen LogP contribution in [-0.4, -0.2) is 62.8 Å². The molecule has 3 aromatic rings. The number of fused-ring (bicyclic) bond motifs is 1. The van der Waals surface area contributed by atoms with Crippen molar-refractivity contribution in [3.8, 4) is 11.8 Å². The van der Waals surface area contributed by atoms with Crippen LogP contribution in [0, 0.1) is 11.3 Å². The topological polar surface area (TPSA) is 176 Å². The van der Waals surface area contributed by atoms with Crippen LogP contribution in [0.1, 0.15) is 39.2 Å². The highest BCUT2D eigenvalue weighted by molar-refractivity contribution is 7.57. The highest BCUT2D eigenvalue weighted by Crippen LogP contribution is 2.46. The summed E-state index contributed by atoms with van der Waals surface area (Å²) in [7, 11) is -3.88. The van der Waals surface area contributed by atoms with Crippen LogP contribution in [0.4, 0.5) is 5.82 Å². The minimum Gasteiger partial charge on any atom is -0.461 e. The van der Waals surface area contributed by atoms with Crippen molar-refractivity contribution in [2.45, 2.75) is 57.9 Å². The van der Waals surface area contributed by atoms with Gasteiger partial charge in [-0.3, -0.25) is 9.36 Å². The van der Waals surface area contributed by atoms with Crippen molar-refractivity contribution in [3.05, 3.63) is 42.5 Å². The predicted octanol–water partition coefficient (Wildman–Crippen LogP) is 3.01. The van der Waals surface area contributed by atoms with E-state index in [1.165, 1.54) is 12.4 Å². The molecule has 3 heterocycles. The summed E-state index contributed by atoms with van der Waals surface area (Å²) in [5.41, 5.74) is 5.85. The second-order valence-electron chi connectivity index (χ2n) is 9.79. The number of rotatable bonds is 11. The van der Waals surface area contributed by atoms with Gasteiger partial charge in [0.05, 0.1) is 43.8 Å². The van der Waals surface area contributed by atoms with Gasteiger partial charge in [0.2, 0.25) is 0 Å². The number of benzene rings is 1. The van der Waals surface area contributed by atoms with E-state index in [9.17, 15) is 14.6 Å². The summed E-state index contributed by atoms with van der Waals surface area (Å²) < 4.78 is 38.7. The van der Waals surface area contributed by atoms with Gasteiger partial charge in [-0.2, -0.15) is 5.26 Å². The molecule has 39 heavy (non-hydrogen) atoms. The highest BCUT2D eigenvalue weighted by Gasteiger charge is 2.40. The Morgan fingerprint density at radius 1 is 1.33 bits per heavy atom. The molecule has 208 valence electrons. The first-order valence-corrected chi connectivity index (χ1v) is 14.3. The Morgan fingerprint density at radius 3 is 2.85 bits per heavy atom. The van der Waals surface area contributed by atoms with Crippen LogP contribution in [-0.2, 0) is 30.1 Å². The van der Waals surface area contributed by atoms with Crippen LogP contribution in [0.5, 0.6) is 5.75 Å². The maximum Gasteiger partial charge on any atom is 0.342 e. The molecule has 2 atom stereocenters. The van der Waals surface area contributed by atoms with Crippen molar-refractivity contribution >= 4 is 30.5 Å². The van der Waals surface area contributed by atoms with Gasteiger partial charge in [0.1, 0.15) is 35.6 Å². The van der Waals surface area contributed by atoms with E-state index in [2.05, 4.69) is 20.0 Å². The third-order valence-electron chi connectivity index (χ3n) is 6.03. The highest BCUT2D eigenvalue weighted by atomic mass is 31.2. The Hall–Kier alpha value is -3.56. The molecular weight excluding hydrogens is 525 g/mol. The van der Waals surface area contributed by atoms with Gasteiger partial charge in [0.25, 0.3) is 0 Å². The summed E-state index contributed by atoms with van der Waals surface area (Å²) in [5, 5.41) is 12.1. The van der Waals surface area contributed by atoms with Gasteiger partial charge in [-0.25, -0.2) is 20.0 Å². The van der Waals surface area contributed by atoms with Crippen molar-refractivity contribution in [3.63, 3.8) is 0 Å². The number of carbonyl (C=O) groups excluding carboxylic acids is 1. The number of anilines is 1. The number of hydrogen-bond donors (Lipinski definition) is 2. The number of nitrogens with two attached hydrogens (primary N) is 1. The Labute approximate surface area is 226 Å². The Bertz CT molecular complexity index is 1400. The van der Waals surface area contributed by atoms with E-state index in [1.54, 1.807) is 49.9 Å². The Kier molecular flexibility index (Phi) is 8.82. The predicted molar refractivity (Wildman–Crippen MR) is 142 cm³/mol. The number of carbonyl (C=O) groups is 1. The molecule has 0 spiro atoms. The summed E-state index contributed by atoms with van der Waals surface area (Å²) in [6, 6.07) is 8.28. The van der Waals surface area contributed by atoms with Gasteiger partial charge in [-0.05, 0) is 39.0 Å². The summed E-state index contributed by atoms with van der Waals surface area (Å²) >= 11 is 0. The maximum absolute atomic E-state index is 14.1. The normalized spacial score (nSPS) is 16.8. The van der Waals surface area contributed by atoms with Crippen LogP contribution in [0.15, 0.2) is 36.9 Å². The molecule has 1 fully saturated rings. The molecule has 13 nitrogen and oxygen atoms in total. The van der Waals surface area contributed by atoms with E-state index >= 15 is 0 Å². The smallest absolute Gasteiger partial charge is 0.342 e. The van der Waals surface area contributed by atoms with Gasteiger partial charge >= 0.3 is 13.5 Å². The van der Waals surface area contributed by atoms with Crippen LogP contribution < -0.4 is 15.3 Å². The number of ether oxygens (including phenoxy) is 3. The summed E-state index contributed by atoms with van der Waals surface area (Å²) in [6.45, 7) is 6.29. The van der Waals surface area contributed by atoms with Crippen LogP contribution in [0.2, 0.25) is 0 Å². The van der Waals surface area contributed by atoms with Crippen molar-refractivity contribution in [1.82, 2.24) is 24.6 Å². The molecule has 1 aliphatic heterocycles. The number of esters is 1. The van der Waals surface area contributed by atoms with E-state index in [-0.39, 0.29) is 24.0 Å². The van der Waals surface area contributed by atoms with E-state index in [1.807, 2.05) is 6.07 Å². The zero-order valence-electron chi connectivity index (χ0n) is 22.1. The molecule has 1 aromatic carbocycles. The lowest BCUT2D eigenvalue weighted by atomic mass is 10.1. The lowest BCUT2D eigenvalue weighted by Gasteiger charge is -2.32. The van der Waals surface area contributed by atoms with Crippen molar-refractivity contribution in [2.24, 2.45) is 0 Å². The second kappa shape index (κ2) is 12.1. The average molecular weight is 558 g/mol. The van der Waals surface area contributed by atoms with E-state index in [0.29, 0.717) is 49.3 Å². The zero-order chi connectivity index (χ0) is 28.0. The lowest BCUT2D eigenvalue weighted by molar-refractivity contribution is -0.159. The van der Waals surface area contributed by atoms with Crippen LogP contribution in [0.3, 0.4) is 0 Å². The van der Waals surface area contributed by atoms with Crippen molar-refractivity contribution in [1.29, 1.82) is 5.26 Å². The van der Waals surface area contributed by atoms with Gasteiger partial charge < -0.3 is 29.0 Å². The SMILES string of the molecule is CC(Cn1cnc2c(N)ncnc21)OCP(=O)(NC(C)(C)C(=O)OC1CCOCC1)Oc1cccc(C#N)c1. The van der Waals surface area contributed by atoms with Crippen molar-refractivity contribution < 1.29 is 28.1 Å². The first kappa shape index (κ1) is 28.4. The third-order valence-corrected chi connectivity index (χ3v) is 7.92. The fourth-order valence-corrected chi connectivity index (χ4v) is 6.04. The summed E-state index contributed by atoms with van der Waals surface area (Å²) in [5.74, 6) is -0.106. The summed E-state index contributed by atoms with van der Waals surface area (Å²) in [4.78, 5) is 25.5. The fourth-order valence-electron chi connectivity index (χ4n) is 4.03. The number of aromatic nitrogens is 4. The molecule has 1 saturated heterocycles. The van der Waals surface area contributed by atoms with Gasteiger partial charge in [0.15, 0.2) is 11.5 Å². The number of hydrogen-bond acceptors (Lipinski definition) is 11. The largest absolute Gasteiger partial charge is 0.461 e. The number of nitriles is 1. The minimum absolute atomic E-state index is 0.197. The Morgan fingerprint density at radius 2 is 2.10 bits per heavy atom. The molecule has 0 amide bonds. The Balaban J connectivity index is 1.49. The van der Waals surface area contributed by atoms with E-state index in [4.69, 9.17) is 24.5 Å². The molecule has 3 N–H and O–H groups in total. The van der Waals surface area contributed by atoms with Crippen molar-refractivity contribution in [2.75, 3.05) is 25.3 Å². The zero-order valence-corrected chi connectivity index (χ0v) is 23.0. The molecule has 14 heteroatoms. The van der Waals surface area contributed by atoms with E-state index in [0.717, 1.165) is 0 Å². The first-order chi connectivity index (χ1) is 18.6. The molecular formula is C25H32N7O6P. The molecule has 2 unspecified atom stereocenters. The number of nitrogens with one attached hydrogen (secondary N) is 1. The first-order valence-electron chi connectivity index (χ1n) is 12.5. The second-order valence-corrected chi connectivity index (χ2v) is 11.8. The average Bonchev–Trinajstić information content (AvgIpc) is 3.31. The quantitative estimate of drug-likeness (QED) is 0.261. The standard InChI is InChI=1S/C25H32N7O6P/c1-17(13-32-15-30-21-22(27)28-14-29-23(21)32)36-16-39(34,38-20-6-4-5-18(11-20)12-26)31-25(2,3)24(33)37-19-7-9-35-10-8-19/h4-6,11,14-15,17,19H,7-10,13,16H2,1-3H3,(H,31,34)(H2,27,28,29).